The Morgan fingerprint density at radius 2 is 1.86 bits per heavy atom. The van der Waals surface area contributed by atoms with Crippen LogP contribution in [0.5, 0.6) is 0 Å². The van der Waals surface area contributed by atoms with E-state index in [9.17, 15) is 14.4 Å². The average Bonchev–Trinajstić information content (AvgIpc) is 2.97. The highest BCUT2D eigenvalue weighted by Gasteiger charge is 2.51. The zero-order chi connectivity index (χ0) is 20.3. The van der Waals surface area contributed by atoms with Gasteiger partial charge in [-0.15, -0.1) is 0 Å². The third-order valence-corrected chi connectivity index (χ3v) is 5.18. The second kappa shape index (κ2) is 8.20. The van der Waals surface area contributed by atoms with Crippen molar-refractivity contribution in [2.45, 2.75) is 70.4 Å². The Kier molecular flexibility index (Phi) is 5.91. The lowest BCUT2D eigenvalue weighted by Gasteiger charge is -2.45. The van der Waals surface area contributed by atoms with Crippen molar-refractivity contribution in [1.82, 2.24) is 9.80 Å². The molecular weight excluding hydrogens is 360 g/mol. The molecule has 0 saturated carbocycles. The van der Waals surface area contributed by atoms with Crippen molar-refractivity contribution in [2.75, 3.05) is 6.54 Å². The third-order valence-electron chi connectivity index (χ3n) is 5.18. The van der Waals surface area contributed by atoms with Gasteiger partial charge in [-0.1, -0.05) is 30.3 Å². The van der Waals surface area contributed by atoms with E-state index in [2.05, 4.69) is 0 Å². The summed E-state index contributed by atoms with van der Waals surface area (Å²) in [6.07, 6.45) is 1.65. The number of rotatable bonds is 4. The van der Waals surface area contributed by atoms with Gasteiger partial charge < -0.3 is 19.2 Å². The van der Waals surface area contributed by atoms with E-state index in [0.29, 0.717) is 6.54 Å². The van der Waals surface area contributed by atoms with Gasteiger partial charge in [-0.2, -0.15) is 0 Å². The van der Waals surface area contributed by atoms with E-state index >= 15 is 0 Å². The van der Waals surface area contributed by atoms with Crippen LogP contribution in [0.3, 0.4) is 0 Å². The van der Waals surface area contributed by atoms with Gasteiger partial charge in [-0.3, -0.25) is 4.90 Å². The Hall–Kier alpha value is -2.57. The van der Waals surface area contributed by atoms with E-state index in [0.717, 1.165) is 24.7 Å². The molecule has 2 fully saturated rings. The number of amides is 2. The molecule has 0 N–H and O–H groups in total. The SMILES string of the molecule is CC(C)(C)OC(=O)N1[C@H]2CC[C@@H]1[C@@H](CC=O)N(C(=O)OCc1ccccc1)C2. The van der Waals surface area contributed by atoms with E-state index in [-0.39, 0.29) is 31.2 Å². The van der Waals surface area contributed by atoms with E-state index in [1.54, 1.807) is 9.80 Å². The van der Waals surface area contributed by atoms with Gasteiger partial charge in [0.05, 0.1) is 18.1 Å². The summed E-state index contributed by atoms with van der Waals surface area (Å²) in [7, 11) is 0. The van der Waals surface area contributed by atoms with Crippen LogP contribution in [0.4, 0.5) is 9.59 Å². The predicted molar refractivity (Wildman–Crippen MR) is 103 cm³/mol. The van der Waals surface area contributed by atoms with E-state index < -0.39 is 17.7 Å². The quantitative estimate of drug-likeness (QED) is 0.739. The number of likely N-dealkylation sites (tertiary alicyclic amines) is 1. The summed E-state index contributed by atoms with van der Waals surface area (Å²) in [4.78, 5) is 40.0. The molecule has 1 aromatic carbocycles. The number of benzene rings is 1. The largest absolute Gasteiger partial charge is 0.445 e. The molecule has 0 aromatic heterocycles. The first-order valence-electron chi connectivity index (χ1n) is 9.72. The summed E-state index contributed by atoms with van der Waals surface area (Å²) in [6, 6.07) is 8.71. The maximum atomic E-state index is 12.7. The number of carbonyl (C=O) groups is 3. The van der Waals surface area contributed by atoms with E-state index in [4.69, 9.17) is 9.47 Å². The van der Waals surface area contributed by atoms with Gasteiger partial charge in [0.25, 0.3) is 0 Å². The second-order valence-corrected chi connectivity index (χ2v) is 8.35. The Morgan fingerprint density at radius 3 is 2.50 bits per heavy atom. The zero-order valence-electron chi connectivity index (χ0n) is 16.7. The fourth-order valence-electron chi connectivity index (χ4n) is 4.03. The smallest absolute Gasteiger partial charge is 0.410 e. The molecule has 2 saturated heterocycles. The van der Waals surface area contributed by atoms with Crippen molar-refractivity contribution in [2.24, 2.45) is 0 Å². The maximum Gasteiger partial charge on any atom is 0.410 e. The Balaban J connectivity index is 1.71. The van der Waals surface area contributed by atoms with Gasteiger partial charge in [-0.25, -0.2) is 9.59 Å². The molecule has 0 spiro atoms. The molecule has 7 nitrogen and oxygen atoms in total. The molecule has 3 atom stereocenters. The highest BCUT2D eigenvalue weighted by molar-refractivity contribution is 5.73. The lowest BCUT2D eigenvalue weighted by atomic mass is 10.0. The fraction of sp³-hybridized carbons (Fsp3) is 0.571. The van der Waals surface area contributed by atoms with Gasteiger partial charge in [0, 0.05) is 13.0 Å². The van der Waals surface area contributed by atoms with Crippen LogP contribution in [0.2, 0.25) is 0 Å². The minimum atomic E-state index is -0.595. The van der Waals surface area contributed by atoms with Crippen LogP contribution in [0, 0.1) is 0 Å². The average molecular weight is 388 g/mol. The summed E-state index contributed by atoms with van der Waals surface area (Å²) in [6.45, 7) is 6.00. The van der Waals surface area contributed by atoms with Crippen LogP contribution in [0.15, 0.2) is 30.3 Å². The first-order valence-corrected chi connectivity index (χ1v) is 9.72. The van der Waals surface area contributed by atoms with Crippen molar-refractivity contribution in [3.63, 3.8) is 0 Å². The Bertz CT molecular complexity index is 715. The van der Waals surface area contributed by atoms with Crippen molar-refractivity contribution in [3.05, 3.63) is 35.9 Å². The number of hydrogen-bond donors (Lipinski definition) is 0. The number of fused-ring (bicyclic) bond motifs is 2. The minimum absolute atomic E-state index is 0.118. The molecule has 0 aliphatic carbocycles. The van der Waals surface area contributed by atoms with Crippen molar-refractivity contribution < 1.29 is 23.9 Å². The van der Waals surface area contributed by atoms with Crippen LogP contribution < -0.4 is 0 Å². The standard InChI is InChI=1S/C21H28N2O5/c1-21(2,3)28-20(26)23-16-9-10-18(23)17(11-12-24)22(13-16)19(25)27-14-15-7-5-4-6-8-15/h4-8,12,16-18H,9-11,13-14H2,1-3H3/t16-,17+,18+/m0/s1. The number of piperazine rings is 1. The molecule has 28 heavy (non-hydrogen) atoms. The summed E-state index contributed by atoms with van der Waals surface area (Å²) < 4.78 is 11.0. The summed E-state index contributed by atoms with van der Waals surface area (Å²) >= 11 is 0. The van der Waals surface area contributed by atoms with E-state index in [1.807, 2.05) is 51.1 Å². The molecule has 2 aliphatic heterocycles. The molecule has 2 aliphatic rings. The third kappa shape index (κ3) is 4.46. The molecule has 7 heteroatoms. The van der Waals surface area contributed by atoms with Crippen molar-refractivity contribution in [1.29, 1.82) is 0 Å². The molecule has 0 unspecified atom stereocenters. The molecule has 0 radical (unpaired) electrons. The van der Waals surface area contributed by atoms with Crippen LogP contribution in [-0.4, -0.2) is 58.5 Å². The number of aldehydes is 1. The van der Waals surface area contributed by atoms with Gasteiger partial charge in [0.1, 0.15) is 18.5 Å². The lowest BCUT2D eigenvalue weighted by molar-refractivity contribution is -0.110. The van der Waals surface area contributed by atoms with Gasteiger partial charge >= 0.3 is 12.2 Å². The van der Waals surface area contributed by atoms with E-state index in [1.165, 1.54) is 0 Å². The molecule has 152 valence electrons. The number of ether oxygens (including phenoxy) is 2. The molecule has 3 rings (SSSR count). The minimum Gasteiger partial charge on any atom is -0.445 e. The number of carbonyl (C=O) groups excluding carboxylic acids is 3. The van der Waals surface area contributed by atoms with Gasteiger partial charge in [0.15, 0.2) is 0 Å². The Labute approximate surface area is 165 Å². The maximum absolute atomic E-state index is 12.7. The summed E-state index contributed by atoms with van der Waals surface area (Å²) in [5, 5.41) is 0. The van der Waals surface area contributed by atoms with Crippen molar-refractivity contribution >= 4 is 18.5 Å². The van der Waals surface area contributed by atoms with Crippen LogP contribution in [-0.2, 0) is 20.9 Å². The topological polar surface area (TPSA) is 76.2 Å². The fourth-order valence-corrected chi connectivity index (χ4v) is 4.03. The molecule has 1 aromatic rings. The number of nitrogens with zero attached hydrogens (tertiary/aromatic N) is 2. The predicted octanol–water partition coefficient (Wildman–Crippen LogP) is 3.36. The lowest BCUT2D eigenvalue weighted by Crippen LogP contribution is -2.63. The second-order valence-electron chi connectivity index (χ2n) is 8.35. The van der Waals surface area contributed by atoms with Crippen LogP contribution >= 0.6 is 0 Å². The van der Waals surface area contributed by atoms with Crippen LogP contribution in [0.1, 0.15) is 45.6 Å². The van der Waals surface area contributed by atoms with Crippen molar-refractivity contribution in [3.8, 4) is 0 Å². The first kappa shape index (κ1) is 20.2. The molecule has 2 heterocycles. The monoisotopic (exact) mass is 388 g/mol. The Morgan fingerprint density at radius 1 is 1.14 bits per heavy atom. The summed E-state index contributed by atoms with van der Waals surface area (Å²) in [5.74, 6) is 0. The van der Waals surface area contributed by atoms with Gasteiger partial charge in [-0.05, 0) is 39.2 Å². The molecular formula is C21H28N2O5. The van der Waals surface area contributed by atoms with Crippen LogP contribution in [0.25, 0.3) is 0 Å². The molecule has 2 amide bonds. The normalized spacial score (nSPS) is 24.0. The zero-order valence-corrected chi connectivity index (χ0v) is 16.7. The molecule has 2 bridgehead atoms. The summed E-state index contributed by atoms with van der Waals surface area (Å²) in [5.41, 5.74) is 0.306. The highest BCUT2D eigenvalue weighted by atomic mass is 16.6. The van der Waals surface area contributed by atoms with Gasteiger partial charge in [0.2, 0.25) is 0 Å². The highest BCUT2D eigenvalue weighted by Crippen LogP contribution is 2.36. The number of hydrogen-bond acceptors (Lipinski definition) is 5. The first-order chi connectivity index (χ1) is 13.3.